The standard InChI is InChI=1S/C27H23F2NO4/c1-15(2)21-14-17(6-13-22(21)34-3)25(31)23-24(16-4-7-18(28)8-5-16)30(27(33)26(23)32)20-11-9-19(29)10-12-20/h4-15,24,31H,1-3H3/b25-23-. The van der Waals surface area contributed by atoms with Crippen LogP contribution < -0.4 is 9.64 Å². The molecule has 0 bridgehead atoms. The smallest absolute Gasteiger partial charge is 0.300 e. The Kier molecular flexibility index (Phi) is 6.20. The molecule has 0 aromatic heterocycles. The summed E-state index contributed by atoms with van der Waals surface area (Å²) in [6.07, 6.45) is 0. The predicted octanol–water partition coefficient (Wildman–Crippen LogP) is 5.72. The summed E-state index contributed by atoms with van der Waals surface area (Å²) in [4.78, 5) is 27.5. The first-order valence-corrected chi connectivity index (χ1v) is 10.7. The molecule has 1 fully saturated rings. The summed E-state index contributed by atoms with van der Waals surface area (Å²) in [7, 11) is 1.55. The number of methoxy groups -OCH3 is 1. The maximum atomic E-state index is 13.6. The Morgan fingerprint density at radius 2 is 1.53 bits per heavy atom. The van der Waals surface area contributed by atoms with E-state index < -0.39 is 29.4 Å². The molecule has 1 heterocycles. The molecule has 0 aliphatic carbocycles. The number of benzene rings is 3. The van der Waals surface area contributed by atoms with Gasteiger partial charge in [-0.1, -0.05) is 26.0 Å². The zero-order chi connectivity index (χ0) is 24.6. The molecule has 1 aliphatic rings. The van der Waals surface area contributed by atoms with E-state index in [9.17, 15) is 23.5 Å². The monoisotopic (exact) mass is 463 g/mol. The highest BCUT2D eigenvalue weighted by molar-refractivity contribution is 6.51. The lowest BCUT2D eigenvalue weighted by Crippen LogP contribution is -2.29. The predicted molar refractivity (Wildman–Crippen MR) is 125 cm³/mol. The molecule has 3 aromatic carbocycles. The Bertz CT molecular complexity index is 1280. The number of carbonyl (C=O) groups excluding carboxylic acids is 2. The van der Waals surface area contributed by atoms with Crippen molar-refractivity contribution in [2.45, 2.75) is 25.8 Å². The first-order valence-electron chi connectivity index (χ1n) is 10.7. The maximum Gasteiger partial charge on any atom is 0.300 e. The normalized spacial score (nSPS) is 17.5. The molecule has 5 nitrogen and oxygen atoms in total. The fraction of sp³-hybridized carbons (Fsp3) is 0.185. The van der Waals surface area contributed by atoms with Crippen molar-refractivity contribution in [1.29, 1.82) is 0 Å². The Morgan fingerprint density at radius 3 is 2.09 bits per heavy atom. The third-order valence-corrected chi connectivity index (χ3v) is 5.86. The number of halogens is 2. The van der Waals surface area contributed by atoms with Crippen molar-refractivity contribution in [3.8, 4) is 5.75 Å². The maximum absolute atomic E-state index is 13.6. The van der Waals surface area contributed by atoms with E-state index in [1.54, 1.807) is 25.3 Å². The molecule has 174 valence electrons. The number of anilines is 1. The van der Waals surface area contributed by atoms with Crippen molar-refractivity contribution in [2.75, 3.05) is 12.0 Å². The molecule has 0 saturated carbocycles. The van der Waals surface area contributed by atoms with E-state index in [1.807, 2.05) is 13.8 Å². The Hall–Kier alpha value is -4.00. The topological polar surface area (TPSA) is 66.8 Å². The SMILES string of the molecule is COc1ccc(/C(O)=C2/C(=O)C(=O)N(c3ccc(F)cc3)C2c2ccc(F)cc2)cc1C(C)C. The van der Waals surface area contributed by atoms with E-state index >= 15 is 0 Å². The van der Waals surface area contributed by atoms with Crippen LogP contribution in [0.25, 0.3) is 5.76 Å². The molecule has 0 spiro atoms. The van der Waals surface area contributed by atoms with Crippen molar-refractivity contribution in [2.24, 2.45) is 0 Å². The highest BCUT2D eigenvalue weighted by atomic mass is 19.1. The number of aliphatic hydroxyl groups excluding tert-OH is 1. The number of rotatable bonds is 5. The lowest BCUT2D eigenvalue weighted by Gasteiger charge is -2.25. The van der Waals surface area contributed by atoms with Crippen LogP contribution in [-0.2, 0) is 9.59 Å². The molecule has 1 saturated heterocycles. The molecule has 1 N–H and O–H groups in total. The van der Waals surface area contributed by atoms with E-state index in [1.165, 1.54) is 53.4 Å². The average molecular weight is 463 g/mol. The quantitative estimate of drug-likeness (QED) is 0.298. The van der Waals surface area contributed by atoms with Crippen LogP contribution in [0, 0.1) is 11.6 Å². The molecule has 1 unspecified atom stereocenters. The van der Waals surface area contributed by atoms with Gasteiger partial charge in [-0.3, -0.25) is 14.5 Å². The first kappa shape index (κ1) is 23.2. The lowest BCUT2D eigenvalue weighted by atomic mass is 9.93. The molecule has 34 heavy (non-hydrogen) atoms. The zero-order valence-corrected chi connectivity index (χ0v) is 18.9. The third kappa shape index (κ3) is 4.05. The van der Waals surface area contributed by atoms with Crippen LogP contribution in [0.15, 0.2) is 72.3 Å². The van der Waals surface area contributed by atoms with Gasteiger partial charge in [-0.25, -0.2) is 8.78 Å². The van der Waals surface area contributed by atoms with Crippen LogP contribution in [0.3, 0.4) is 0 Å². The minimum Gasteiger partial charge on any atom is -0.507 e. The molecule has 3 aromatic rings. The molecule has 1 aliphatic heterocycles. The molecular weight excluding hydrogens is 440 g/mol. The van der Waals surface area contributed by atoms with Gasteiger partial charge >= 0.3 is 0 Å². The number of carbonyl (C=O) groups is 2. The van der Waals surface area contributed by atoms with Gasteiger partial charge in [0.25, 0.3) is 11.7 Å². The Balaban J connectivity index is 1.94. The van der Waals surface area contributed by atoms with Gasteiger partial charge in [-0.15, -0.1) is 0 Å². The van der Waals surface area contributed by atoms with Crippen LogP contribution in [0.2, 0.25) is 0 Å². The summed E-state index contributed by atoms with van der Waals surface area (Å²) >= 11 is 0. The zero-order valence-electron chi connectivity index (χ0n) is 18.9. The molecule has 7 heteroatoms. The van der Waals surface area contributed by atoms with Crippen LogP contribution in [0.1, 0.15) is 42.5 Å². The van der Waals surface area contributed by atoms with Gasteiger partial charge in [0.05, 0.1) is 18.7 Å². The number of ether oxygens (including phenoxy) is 1. The fourth-order valence-corrected chi connectivity index (χ4v) is 4.15. The second-order valence-corrected chi connectivity index (χ2v) is 8.31. The molecular formula is C27H23F2NO4. The second kappa shape index (κ2) is 9.09. The molecule has 0 radical (unpaired) electrons. The van der Waals surface area contributed by atoms with Crippen molar-refractivity contribution in [3.63, 3.8) is 0 Å². The summed E-state index contributed by atoms with van der Waals surface area (Å²) in [5.74, 6) is -2.41. The van der Waals surface area contributed by atoms with E-state index in [0.717, 1.165) is 5.56 Å². The Morgan fingerprint density at radius 1 is 0.941 bits per heavy atom. The van der Waals surface area contributed by atoms with Gasteiger partial charge < -0.3 is 9.84 Å². The van der Waals surface area contributed by atoms with Crippen molar-refractivity contribution in [3.05, 3.63) is 101 Å². The summed E-state index contributed by atoms with van der Waals surface area (Å²) in [5.41, 5.74) is 1.71. The van der Waals surface area contributed by atoms with Crippen molar-refractivity contribution >= 4 is 23.1 Å². The number of aliphatic hydroxyl groups is 1. The minimum absolute atomic E-state index is 0.0669. The minimum atomic E-state index is -1.03. The number of hydrogen-bond acceptors (Lipinski definition) is 4. The van der Waals surface area contributed by atoms with Gasteiger partial charge in [-0.05, 0) is 71.6 Å². The molecule has 4 rings (SSSR count). The Labute approximate surface area is 195 Å². The average Bonchev–Trinajstić information content (AvgIpc) is 3.09. The molecule has 1 amide bonds. The number of amides is 1. The van der Waals surface area contributed by atoms with Crippen molar-refractivity contribution in [1.82, 2.24) is 0 Å². The van der Waals surface area contributed by atoms with Gasteiger partial charge in [0, 0.05) is 11.3 Å². The number of Topliss-reactive ketones (excluding diaryl/α,β-unsaturated/α-hetero) is 1. The summed E-state index contributed by atoms with van der Waals surface area (Å²) in [6.45, 7) is 3.93. The van der Waals surface area contributed by atoms with E-state index in [2.05, 4.69) is 0 Å². The van der Waals surface area contributed by atoms with Gasteiger partial charge in [0.15, 0.2) is 0 Å². The summed E-state index contributed by atoms with van der Waals surface area (Å²) < 4.78 is 32.6. The van der Waals surface area contributed by atoms with Gasteiger partial charge in [-0.2, -0.15) is 0 Å². The number of ketones is 1. The van der Waals surface area contributed by atoms with Crippen LogP contribution in [-0.4, -0.2) is 23.9 Å². The van der Waals surface area contributed by atoms with Gasteiger partial charge in [0.2, 0.25) is 0 Å². The van der Waals surface area contributed by atoms with Gasteiger partial charge in [0.1, 0.15) is 23.1 Å². The summed E-state index contributed by atoms with van der Waals surface area (Å²) in [5, 5.41) is 11.3. The second-order valence-electron chi connectivity index (χ2n) is 8.31. The van der Waals surface area contributed by atoms with E-state index in [-0.39, 0.29) is 22.9 Å². The third-order valence-electron chi connectivity index (χ3n) is 5.86. The van der Waals surface area contributed by atoms with Crippen LogP contribution in [0.5, 0.6) is 5.75 Å². The van der Waals surface area contributed by atoms with Crippen LogP contribution in [0.4, 0.5) is 14.5 Å². The lowest BCUT2D eigenvalue weighted by molar-refractivity contribution is -0.132. The number of hydrogen-bond donors (Lipinski definition) is 1. The highest BCUT2D eigenvalue weighted by Gasteiger charge is 2.47. The van der Waals surface area contributed by atoms with Crippen LogP contribution >= 0.6 is 0 Å². The van der Waals surface area contributed by atoms with E-state index in [0.29, 0.717) is 16.9 Å². The number of nitrogens with zero attached hydrogens (tertiary/aromatic N) is 1. The van der Waals surface area contributed by atoms with E-state index in [4.69, 9.17) is 4.74 Å². The van der Waals surface area contributed by atoms with Crippen molar-refractivity contribution < 1.29 is 28.2 Å². The first-order chi connectivity index (χ1) is 16.2. The molecule has 1 atom stereocenters. The highest BCUT2D eigenvalue weighted by Crippen LogP contribution is 2.42. The fourth-order valence-electron chi connectivity index (χ4n) is 4.15. The summed E-state index contributed by atoms with van der Waals surface area (Å²) in [6, 6.07) is 14.4. The largest absolute Gasteiger partial charge is 0.507 e.